The summed E-state index contributed by atoms with van der Waals surface area (Å²) in [5.74, 6) is 4.87. The molecule has 1 aliphatic carbocycles. The van der Waals surface area contributed by atoms with Crippen molar-refractivity contribution in [2.24, 2.45) is 5.84 Å². The number of methoxy groups -OCH3 is 1. The normalized spacial score (nSPS) is 28.9. The Hall–Kier alpha value is -0.810. The number of ether oxygens (including phenoxy) is 1. The van der Waals surface area contributed by atoms with E-state index < -0.39 is 0 Å². The summed E-state index contributed by atoms with van der Waals surface area (Å²) in [6.45, 7) is 0. The monoisotopic (exact) mass is 159 g/mol. The summed E-state index contributed by atoms with van der Waals surface area (Å²) in [5, 5.41) is 2.68. The van der Waals surface area contributed by atoms with Crippen LogP contribution in [0.25, 0.3) is 0 Å². The number of nitrogens with one attached hydrogen (secondary N) is 2. The molecule has 1 fully saturated rings. The fraction of sp³-hybridized carbons (Fsp3) is 0.833. The van der Waals surface area contributed by atoms with E-state index in [0.29, 0.717) is 6.10 Å². The van der Waals surface area contributed by atoms with E-state index in [4.69, 9.17) is 10.6 Å². The molecule has 0 unspecified atom stereocenters. The summed E-state index contributed by atoms with van der Waals surface area (Å²) in [6.07, 6.45) is 2.06. The van der Waals surface area contributed by atoms with Gasteiger partial charge in [0.25, 0.3) is 0 Å². The first-order valence-electron chi connectivity index (χ1n) is 3.56. The Morgan fingerprint density at radius 1 is 1.64 bits per heavy atom. The zero-order valence-electron chi connectivity index (χ0n) is 6.46. The number of hydrazine groups is 1. The Morgan fingerprint density at radius 3 is 2.73 bits per heavy atom. The van der Waals surface area contributed by atoms with Crippen LogP contribution in [0.4, 0.5) is 4.79 Å². The van der Waals surface area contributed by atoms with Gasteiger partial charge in [-0.15, -0.1) is 0 Å². The number of nitrogens with two attached hydrogens (primary N) is 1. The molecule has 1 rings (SSSR count). The van der Waals surface area contributed by atoms with Crippen LogP contribution in [0.2, 0.25) is 0 Å². The second-order valence-electron chi connectivity index (χ2n) is 2.64. The Morgan fingerprint density at radius 2 is 2.27 bits per heavy atom. The molecule has 0 bridgehead atoms. The smallest absolute Gasteiger partial charge is 0.329 e. The minimum atomic E-state index is -0.329. The highest BCUT2D eigenvalue weighted by Gasteiger charge is 2.29. The first-order valence-corrected chi connectivity index (χ1v) is 3.56. The van der Waals surface area contributed by atoms with E-state index >= 15 is 0 Å². The van der Waals surface area contributed by atoms with Gasteiger partial charge in [-0.2, -0.15) is 0 Å². The molecule has 0 spiro atoms. The van der Waals surface area contributed by atoms with Crippen LogP contribution in [0.1, 0.15) is 12.8 Å². The molecular weight excluding hydrogens is 146 g/mol. The summed E-state index contributed by atoms with van der Waals surface area (Å²) < 4.78 is 5.03. The van der Waals surface area contributed by atoms with Crippen molar-refractivity contribution in [2.75, 3.05) is 7.11 Å². The first kappa shape index (κ1) is 8.29. The number of carbonyl (C=O) groups excluding carboxylic acids is 1. The molecule has 2 amide bonds. The van der Waals surface area contributed by atoms with Gasteiger partial charge in [-0.3, -0.25) is 5.43 Å². The molecular formula is C6H13N3O2. The van der Waals surface area contributed by atoms with Gasteiger partial charge in [0, 0.05) is 13.2 Å². The fourth-order valence-electron chi connectivity index (χ4n) is 1.10. The molecule has 0 aliphatic heterocycles. The van der Waals surface area contributed by atoms with Gasteiger partial charge in [0.2, 0.25) is 0 Å². The fourth-order valence-corrected chi connectivity index (χ4v) is 1.10. The largest absolute Gasteiger partial charge is 0.381 e. The molecule has 1 saturated carbocycles. The Labute approximate surface area is 65.2 Å². The van der Waals surface area contributed by atoms with Crippen molar-refractivity contribution in [2.45, 2.75) is 25.0 Å². The van der Waals surface area contributed by atoms with Crippen molar-refractivity contribution in [3.8, 4) is 0 Å². The van der Waals surface area contributed by atoms with Crippen molar-refractivity contribution in [3.05, 3.63) is 0 Å². The van der Waals surface area contributed by atoms with E-state index in [9.17, 15) is 4.79 Å². The Kier molecular flexibility index (Phi) is 2.67. The summed E-state index contributed by atoms with van der Waals surface area (Å²) in [4.78, 5) is 10.6. The van der Waals surface area contributed by atoms with Crippen LogP contribution in [0.3, 0.4) is 0 Å². The second-order valence-corrected chi connectivity index (χ2v) is 2.64. The number of carbonyl (C=O) groups is 1. The topological polar surface area (TPSA) is 76.4 Å². The molecule has 0 aromatic carbocycles. The number of urea groups is 1. The van der Waals surface area contributed by atoms with Gasteiger partial charge in [-0.1, -0.05) is 0 Å². The number of hydrogen-bond acceptors (Lipinski definition) is 3. The molecule has 0 saturated heterocycles. The van der Waals surface area contributed by atoms with Gasteiger partial charge in [-0.25, -0.2) is 10.6 Å². The average molecular weight is 159 g/mol. The minimum absolute atomic E-state index is 0.225. The van der Waals surface area contributed by atoms with Gasteiger partial charge < -0.3 is 10.1 Å². The Balaban J connectivity index is 2.08. The lowest BCUT2D eigenvalue weighted by atomic mass is 9.89. The molecule has 0 radical (unpaired) electrons. The molecule has 1 aliphatic rings. The molecule has 4 N–H and O–H groups in total. The van der Waals surface area contributed by atoms with Gasteiger partial charge >= 0.3 is 6.03 Å². The maximum atomic E-state index is 10.6. The van der Waals surface area contributed by atoms with Gasteiger partial charge in [0.05, 0.1) is 6.10 Å². The zero-order chi connectivity index (χ0) is 8.27. The molecule has 0 aromatic heterocycles. The van der Waals surface area contributed by atoms with Crippen molar-refractivity contribution in [1.82, 2.24) is 10.7 Å². The molecule has 64 valence electrons. The third kappa shape index (κ3) is 2.06. The predicted molar refractivity (Wildman–Crippen MR) is 39.7 cm³/mol. The molecule has 0 atom stereocenters. The summed E-state index contributed by atoms with van der Waals surface area (Å²) in [7, 11) is 1.67. The van der Waals surface area contributed by atoms with E-state index in [1.807, 2.05) is 5.43 Å². The van der Waals surface area contributed by atoms with E-state index in [0.717, 1.165) is 12.8 Å². The van der Waals surface area contributed by atoms with E-state index in [1.165, 1.54) is 0 Å². The first-order chi connectivity index (χ1) is 5.26. The predicted octanol–water partition coefficient (Wildman–Crippen LogP) is -0.663. The summed E-state index contributed by atoms with van der Waals surface area (Å²) in [6, 6.07) is -0.104. The molecule has 0 aromatic rings. The highest BCUT2D eigenvalue weighted by molar-refractivity contribution is 5.73. The van der Waals surface area contributed by atoms with Crippen LogP contribution in [-0.2, 0) is 4.74 Å². The van der Waals surface area contributed by atoms with E-state index in [-0.39, 0.29) is 12.1 Å². The quantitative estimate of drug-likeness (QED) is 0.284. The highest BCUT2D eigenvalue weighted by atomic mass is 16.5. The second kappa shape index (κ2) is 3.54. The SMILES string of the molecule is COC1CC(NC(=O)NN)C1. The van der Waals surface area contributed by atoms with Gasteiger partial charge in [0.15, 0.2) is 0 Å². The van der Waals surface area contributed by atoms with Crippen molar-refractivity contribution in [3.63, 3.8) is 0 Å². The van der Waals surface area contributed by atoms with Crippen LogP contribution >= 0.6 is 0 Å². The van der Waals surface area contributed by atoms with Crippen molar-refractivity contribution >= 4 is 6.03 Å². The molecule has 11 heavy (non-hydrogen) atoms. The Bertz CT molecular complexity index is 145. The van der Waals surface area contributed by atoms with Crippen LogP contribution in [0, 0.1) is 0 Å². The average Bonchev–Trinajstić information content (AvgIpc) is 1.95. The number of hydrogen-bond donors (Lipinski definition) is 3. The third-order valence-electron chi connectivity index (χ3n) is 1.89. The number of rotatable bonds is 2. The lowest BCUT2D eigenvalue weighted by Gasteiger charge is -2.34. The zero-order valence-corrected chi connectivity index (χ0v) is 6.46. The van der Waals surface area contributed by atoms with E-state index in [2.05, 4.69) is 5.32 Å². The highest BCUT2D eigenvalue weighted by Crippen LogP contribution is 2.21. The lowest BCUT2D eigenvalue weighted by molar-refractivity contribution is 0.0206. The summed E-state index contributed by atoms with van der Waals surface area (Å²) >= 11 is 0. The van der Waals surface area contributed by atoms with E-state index in [1.54, 1.807) is 7.11 Å². The van der Waals surface area contributed by atoms with Crippen LogP contribution in [-0.4, -0.2) is 25.3 Å². The van der Waals surface area contributed by atoms with Crippen LogP contribution in [0.15, 0.2) is 0 Å². The minimum Gasteiger partial charge on any atom is -0.381 e. The molecule has 0 heterocycles. The molecule has 5 nitrogen and oxygen atoms in total. The van der Waals surface area contributed by atoms with Crippen molar-refractivity contribution < 1.29 is 9.53 Å². The molecule has 5 heteroatoms. The van der Waals surface area contributed by atoms with Crippen LogP contribution < -0.4 is 16.6 Å². The maximum absolute atomic E-state index is 10.6. The maximum Gasteiger partial charge on any atom is 0.329 e. The lowest BCUT2D eigenvalue weighted by Crippen LogP contribution is -2.52. The third-order valence-corrected chi connectivity index (χ3v) is 1.89. The van der Waals surface area contributed by atoms with Crippen molar-refractivity contribution in [1.29, 1.82) is 0 Å². The standard InChI is InChI=1S/C6H13N3O2/c1-11-5-2-4(3-5)8-6(10)9-7/h4-5H,2-3,7H2,1H3,(H2,8,9,10). The van der Waals surface area contributed by atoms with Crippen LogP contribution in [0.5, 0.6) is 0 Å². The van der Waals surface area contributed by atoms with Gasteiger partial charge in [-0.05, 0) is 12.8 Å². The number of amides is 2. The summed E-state index contributed by atoms with van der Waals surface area (Å²) in [5.41, 5.74) is 2.01. The van der Waals surface area contributed by atoms with Gasteiger partial charge in [0.1, 0.15) is 0 Å².